The number of methoxy groups -OCH3 is 1. The molecule has 0 saturated heterocycles. The Hall–Kier alpha value is -1.65. The van der Waals surface area contributed by atoms with Crippen LogP contribution in [0.3, 0.4) is 0 Å². The molecule has 90 valence electrons. The predicted octanol–water partition coefficient (Wildman–Crippen LogP) is 1.72. The van der Waals surface area contributed by atoms with Crippen molar-refractivity contribution in [1.82, 2.24) is 4.98 Å². The minimum Gasteiger partial charge on any atom is -0.490 e. The van der Waals surface area contributed by atoms with E-state index >= 15 is 0 Å². The highest BCUT2D eigenvalue weighted by Gasteiger charge is 2.00. The average molecular weight is 232 g/mol. The maximum absolute atomic E-state index is 5.61. The Morgan fingerprint density at radius 2 is 2.12 bits per heavy atom. The summed E-state index contributed by atoms with van der Waals surface area (Å²) in [5.74, 6) is 0.753. The van der Waals surface area contributed by atoms with Crippen molar-refractivity contribution < 1.29 is 9.47 Å². The van der Waals surface area contributed by atoms with E-state index in [1.165, 1.54) is 0 Å². The Morgan fingerprint density at radius 1 is 1.24 bits per heavy atom. The maximum atomic E-state index is 5.61. The number of ether oxygens (including phenoxy) is 2. The molecule has 0 spiro atoms. The average Bonchev–Trinajstić information content (AvgIpc) is 2.38. The summed E-state index contributed by atoms with van der Waals surface area (Å²) in [6, 6.07) is 7.96. The van der Waals surface area contributed by atoms with Gasteiger partial charge in [0.05, 0.1) is 18.3 Å². The molecule has 0 aliphatic heterocycles. The van der Waals surface area contributed by atoms with Crippen LogP contribution in [-0.2, 0) is 11.3 Å². The van der Waals surface area contributed by atoms with E-state index in [2.05, 4.69) is 4.98 Å². The Labute approximate surface area is 100 Å². The largest absolute Gasteiger partial charge is 0.490 e. The van der Waals surface area contributed by atoms with Crippen molar-refractivity contribution in [2.75, 3.05) is 20.3 Å². The fourth-order valence-corrected chi connectivity index (χ4v) is 1.61. The fourth-order valence-electron chi connectivity index (χ4n) is 1.61. The summed E-state index contributed by atoms with van der Waals surface area (Å²) in [7, 11) is 1.65. The number of hydrogen-bond donors (Lipinski definition) is 1. The lowest BCUT2D eigenvalue weighted by Gasteiger charge is -2.06. The number of pyridine rings is 1. The summed E-state index contributed by atoms with van der Waals surface area (Å²) in [6.45, 7) is 1.63. The lowest BCUT2D eigenvalue weighted by molar-refractivity contribution is 0.146. The molecule has 1 aromatic heterocycles. The third kappa shape index (κ3) is 2.93. The molecule has 1 heterocycles. The fraction of sp³-hybridized carbons (Fsp3) is 0.308. The molecular weight excluding hydrogens is 216 g/mol. The van der Waals surface area contributed by atoms with E-state index < -0.39 is 0 Å². The van der Waals surface area contributed by atoms with Crippen LogP contribution in [0.15, 0.2) is 30.5 Å². The molecule has 2 rings (SSSR count). The summed E-state index contributed by atoms with van der Waals surface area (Å²) in [5, 5.41) is 1.04. The van der Waals surface area contributed by atoms with Gasteiger partial charge in [-0.3, -0.25) is 4.98 Å². The number of aromatic nitrogens is 1. The zero-order valence-electron chi connectivity index (χ0n) is 9.85. The molecular formula is C13H16N2O2. The van der Waals surface area contributed by atoms with E-state index in [9.17, 15) is 0 Å². The van der Waals surface area contributed by atoms with Crippen molar-refractivity contribution in [3.63, 3.8) is 0 Å². The molecule has 2 aromatic rings. The molecule has 0 radical (unpaired) electrons. The molecule has 0 unspecified atom stereocenters. The predicted molar refractivity (Wildman–Crippen MR) is 67.0 cm³/mol. The van der Waals surface area contributed by atoms with E-state index in [1.54, 1.807) is 13.3 Å². The normalized spacial score (nSPS) is 10.7. The van der Waals surface area contributed by atoms with Gasteiger partial charge in [0, 0.05) is 19.0 Å². The van der Waals surface area contributed by atoms with Crippen molar-refractivity contribution in [2.24, 2.45) is 5.73 Å². The molecule has 0 fully saturated rings. The number of rotatable bonds is 5. The first-order chi connectivity index (χ1) is 8.33. The molecule has 0 aliphatic rings. The molecule has 4 nitrogen and oxygen atoms in total. The van der Waals surface area contributed by atoms with Crippen LogP contribution in [0, 0.1) is 0 Å². The van der Waals surface area contributed by atoms with E-state index in [-0.39, 0.29) is 0 Å². The quantitative estimate of drug-likeness (QED) is 0.797. The Bertz CT molecular complexity index is 500. The van der Waals surface area contributed by atoms with Gasteiger partial charge in [-0.05, 0) is 23.8 Å². The highest BCUT2D eigenvalue weighted by molar-refractivity contribution is 5.80. The third-order valence-electron chi connectivity index (χ3n) is 2.51. The number of benzene rings is 1. The van der Waals surface area contributed by atoms with Crippen LogP contribution in [0.5, 0.6) is 5.75 Å². The lowest BCUT2D eigenvalue weighted by Crippen LogP contribution is -2.04. The molecule has 17 heavy (non-hydrogen) atoms. The Balaban J connectivity index is 2.22. The SMILES string of the molecule is COCCOc1cnc2ccc(CN)cc2c1. The van der Waals surface area contributed by atoms with Gasteiger partial charge in [-0.15, -0.1) is 0 Å². The molecule has 0 bridgehead atoms. The van der Waals surface area contributed by atoms with Crippen LogP contribution in [0.1, 0.15) is 5.56 Å². The maximum Gasteiger partial charge on any atom is 0.138 e. The summed E-state index contributed by atoms with van der Waals surface area (Å²) in [4.78, 5) is 4.33. The minimum atomic E-state index is 0.528. The zero-order valence-corrected chi connectivity index (χ0v) is 9.85. The van der Waals surface area contributed by atoms with Gasteiger partial charge in [0.1, 0.15) is 12.4 Å². The minimum absolute atomic E-state index is 0.528. The molecule has 2 N–H and O–H groups in total. The van der Waals surface area contributed by atoms with Crippen molar-refractivity contribution in [1.29, 1.82) is 0 Å². The van der Waals surface area contributed by atoms with Crippen molar-refractivity contribution in [2.45, 2.75) is 6.54 Å². The lowest BCUT2D eigenvalue weighted by atomic mass is 10.1. The number of hydrogen-bond acceptors (Lipinski definition) is 4. The van der Waals surface area contributed by atoms with Gasteiger partial charge >= 0.3 is 0 Å². The highest BCUT2D eigenvalue weighted by Crippen LogP contribution is 2.19. The second-order valence-electron chi connectivity index (χ2n) is 3.74. The van der Waals surface area contributed by atoms with Crippen molar-refractivity contribution in [3.05, 3.63) is 36.0 Å². The van der Waals surface area contributed by atoms with E-state index in [1.807, 2.05) is 24.3 Å². The van der Waals surface area contributed by atoms with Gasteiger partial charge in [-0.1, -0.05) is 6.07 Å². The topological polar surface area (TPSA) is 57.4 Å². The molecule has 0 amide bonds. The van der Waals surface area contributed by atoms with Crippen LogP contribution in [0.4, 0.5) is 0 Å². The van der Waals surface area contributed by atoms with Crippen LogP contribution < -0.4 is 10.5 Å². The Morgan fingerprint density at radius 3 is 2.88 bits per heavy atom. The van der Waals surface area contributed by atoms with Crippen LogP contribution in [0.25, 0.3) is 10.9 Å². The van der Waals surface area contributed by atoms with Crippen LogP contribution in [-0.4, -0.2) is 25.3 Å². The Kier molecular flexibility index (Phi) is 3.90. The first-order valence-corrected chi connectivity index (χ1v) is 5.54. The summed E-state index contributed by atoms with van der Waals surface area (Å²) in [6.07, 6.45) is 1.72. The van der Waals surface area contributed by atoms with Crippen molar-refractivity contribution in [3.8, 4) is 5.75 Å². The van der Waals surface area contributed by atoms with Crippen LogP contribution >= 0.6 is 0 Å². The molecule has 4 heteroatoms. The second-order valence-corrected chi connectivity index (χ2v) is 3.74. The monoisotopic (exact) mass is 232 g/mol. The highest BCUT2D eigenvalue weighted by atomic mass is 16.5. The van der Waals surface area contributed by atoms with E-state index in [4.69, 9.17) is 15.2 Å². The molecule has 0 aliphatic carbocycles. The molecule has 1 aromatic carbocycles. The van der Waals surface area contributed by atoms with Crippen molar-refractivity contribution >= 4 is 10.9 Å². The van der Waals surface area contributed by atoms with Gasteiger partial charge in [0.2, 0.25) is 0 Å². The van der Waals surface area contributed by atoms with Crippen LogP contribution in [0.2, 0.25) is 0 Å². The number of nitrogens with two attached hydrogens (primary N) is 1. The first-order valence-electron chi connectivity index (χ1n) is 5.54. The first kappa shape index (κ1) is 11.8. The van der Waals surface area contributed by atoms with Gasteiger partial charge in [0.15, 0.2) is 0 Å². The van der Waals surface area contributed by atoms with Gasteiger partial charge in [0.25, 0.3) is 0 Å². The zero-order chi connectivity index (χ0) is 12.1. The molecule has 0 saturated carbocycles. The van der Waals surface area contributed by atoms with E-state index in [0.29, 0.717) is 19.8 Å². The van der Waals surface area contributed by atoms with Gasteiger partial charge < -0.3 is 15.2 Å². The number of nitrogens with zero attached hydrogens (tertiary/aromatic N) is 1. The smallest absolute Gasteiger partial charge is 0.138 e. The summed E-state index contributed by atoms with van der Waals surface area (Å²) < 4.78 is 10.4. The second kappa shape index (κ2) is 5.61. The third-order valence-corrected chi connectivity index (χ3v) is 2.51. The van der Waals surface area contributed by atoms with E-state index in [0.717, 1.165) is 22.2 Å². The molecule has 0 atom stereocenters. The standard InChI is InChI=1S/C13H16N2O2/c1-16-4-5-17-12-7-11-6-10(8-14)2-3-13(11)15-9-12/h2-3,6-7,9H,4-5,8,14H2,1H3. The van der Waals surface area contributed by atoms with Gasteiger partial charge in [-0.2, -0.15) is 0 Å². The number of fused-ring (bicyclic) bond motifs is 1. The summed E-state index contributed by atoms with van der Waals surface area (Å²) in [5.41, 5.74) is 7.65. The summed E-state index contributed by atoms with van der Waals surface area (Å²) >= 11 is 0. The van der Waals surface area contributed by atoms with Gasteiger partial charge in [-0.25, -0.2) is 0 Å².